The van der Waals surface area contributed by atoms with Crippen LogP contribution in [0, 0.1) is 11.8 Å². The van der Waals surface area contributed by atoms with Crippen LogP contribution in [0.5, 0.6) is 0 Å². The summed E-state index contributed by atoms with van der Waals surface area (Å²) in [6, 6.07) is 5.89. The summed E-state index contributed by atoms with van der Waals surface area (Å²) in [5, 5.41) is 21.0. The van der Waals surface area contributed by atoms with Crippen LogP contribution in [0.15, 0.2) is 24.4 Å². The Morgan fingerprint density at radius 1 is 1.36 bits per heavy atom. The van der Waals surface area contributed by atoms with E-state index < -0.39 is 11.6 Å². The van der Waals surface area contributed by atoms with Crippen molar-refractivity contribution in [3.8, 4) is 0 Å². The van der Waals surface area contributed by atoms with Gasteiger partial charge in [0.15, 0.2) is 0 Å². The van der Waals surface area contributed by atoms with E-state index in [4.69, 9.17) is 16.3 Å². The molecular formula is C20H20ClN3O3S. The van der Waals surface area contributed by atoms with E-state index in [2.05, 4.69) is 10.3 Å². The van der Waals surface area contributed by atoms with E-state index in [1.807, 2.05) is 24.4 Å². The molecule has 2 aliphatic carbocycles. The average Bonchev–Trinajstić information content (AvgIpc) is 3.62. The van der Waals surface area contributed by atoms with Gasteiger partial charge in [-0.3, -0.25) is 0 Å². The topological polar surface area (TPSA) is 77.2 Å². The molecule has 2 saturated carbocycles. The van der Waals surface area contributed by atoms with Crippen LogP contribution >= 0.6 is 22.9 Å². The fraction of sp³-hybridized carbons (Fsp3) is 0.450. The third-order valence-corrected chi connectivity index (χ3v) is 7.39. The lowest BCUT2D eigenvalue weighted by Gasteiger charge is -2.25. The van der Waals surface area contributed by atoms with Gasteiger partial charge in [0.05, 0.1) is 24.9 Å². The molecular weight excluding hydrogens is 398 g/mol. The quantitative estimate of drug-likeness (QED) is 0.613. The molecule has 146 valence electrons. The number of carbonyl (C=O) groups is 1. The number of carbonyl (C=O) groups excluding carboxylic acids is 1. The maximum absolute atomic E-state index is 11.9. The van der Waals surface area contributed by atoms with Crippen molar-refractivity contribution >= 4 is 39.0 Å². The molecule has 1 aromatic carbocycles. The van der Waals surface area contributed by atoms with Crippen molar-refractivity contribution in [3.05, 3.63) is 45.6 Å². The summed E-state index contributed by atoms with van der Waals surface area (Å²) in [5.74, 6) is 0.228. The minimum Gasteiger partial charge on any atom is -0.465 e. The Hall–Kier alpha value is -1.96. The summed E-state index contributed by atoms with van der Waals surface area (Å²) < 4.78 is 7.49. The Morgan fingerprint density at radius 2 is 2.07 bits per heavy atom. The molecule has 1 N–H and O–H groups in total. The van der Waals surface area contributed by atoms with E-state index in [0.29, 0.717) is 34.0 Å². The number of benzene rings is 1. The molecule has 5 rings (SSSR count). The summed E-state index contributed by atoms with van der Waals surface area (Å²) in [5.41, 5.74) is 0.921. The second-order valence-corrected chi connectivity index (χ2v) is 9.17. The fourth-order valence-electron chi connectivity index (χ4n) is 3.98. The molecule has 0 bridgehead atoms. The number of aromatic nitrogens is 3. The molecule has 8 heteroatoms. The van der Waals surface area contributed by atoms with Crippen LogP contribution in [0.1, 0.15) is 46.6 Å². The Labute approximate surface area is 171 Å². The minimum absolute atomic E-state index is 0.325. The van der Waals surface area contributed by atoms with E-state index in [1.54, 1.807) is 4.68 Å². The Kier molecular flexibility index (Phi) is 4.23. The Bertz CT molecular complexity index is 1060. The number of rotatable bonds is 6. The zero-order valence-electron chi connectivity index (χ0n) is 15.4. The van der Waals surface area contributed by atoms with Crippen LogP contribution in [0.3, 0.4) is 0 Å². The van der Waals surface area contributed by atoms with Crippen molar-refractivity contribution in [2.24, 2.45) is 11.8 Å². The van der Waals surface area contributed by atoms with Gasteiger partial charge < -0.3 is 9.84 Å². The Morgan fingerprint density at radius 3 is 2.71 bits per heavy atom. The summed E-state index contributed by atoms with van der Waals surface area (Å²) in [4.78, 5) is 12.3. The third-order valence-electron chi connectivity index (χ3n) is 5.76. The number of halogens is 1. The molecule has 0 radical (unpaired) electrons. The summed E-state index contributed by atoms with van der Waals surface area (Å²) in [6.45, 7) is 0.539. The monoisotopic (exact) mass is 417 g/mol. The Balaban J connectivity index is 1.41. The van der Waals surface area contributed by atoms with Gasteiger partial charge in [-0.15, -0.1) is 16.4 Å². The first-order chi connectivity index (χ1) is 13.5. The van der Waals surface area contributed by atoms with Crippen LogP contribution in [0.4, 0.5) is 0 Å². The lowest BCUT2D eigenvalue weighted by molar-refractivity contribution is -0.0144. The number of aliphatic hydroxyl groups is 1. The second-order valence-electron chi connectivity index (χ2n) is 7.74. The number of hydrogen-bond acceptors (Lipinski definition) is 6. The first-order valence-corrected chi connectivity index (χ1v) is 10.6. The molecule has 6 nitrogen and oxygen atoms in total. The van der Waals surface area contributed by atoms with Crippen molar-refractivity contribution in [2.75, 3.05) is 7.11 Å². The van der Waals surface area contributed by atoms with Crippen molar-refractivity contribution < 1.29 is 14.6 Å². The van der Waals surface area contributed by atoms with Gasteiger partial charge in [-0.25, -0.2) is 9.48 Å². The van der Waals surface area contributed by atoms with Crippen molar-refractivity contribution in [1.82, 2.24) is 15.0 Å². The molecule has 0 aliphatic heterocycles. The zero-order chi connectivity index (χ0) is 19.5. The molecule has 0 unspecified atom stereocenters. The summed E-state index contributed by atoms with van der Waals surface area (Å²) in [7, 11) is 1.35. The van der Waals surface area contributed by atoms with Gasteiger partial charge in [0.1, 0.15) is 16.2 Å². The molecule has 3 aromatic rings. The molecule has 0 spiro atoms. The van der Waals surface area contributed by atoms with Crippen molar-refractivity contribution in [1.29, 1.82) is 0 Å². The minimum atomic E-state index is -0.807. The van der Waals surface area contributed by atoms with Gasteiger partial charge in [-0.2, -0.15) is 0 Å². The van der Waals surface area contributed by atoms with Crippen molar-refractivity contribution in [2.45, 2.75) is 37.8 Å². The standard InChI is InChI=1S/C20H20ClN3O3S/c1-27-19(25)18-17(21)14-7-2-11(8-15(14)28-18)9-24-10-16(22-23-24)20(26,12-3-4-12)13-5-6-13/h2,7-8,10,12-13,26H,3-6,9H2,1H3. The number of methoxy groups -OCH3 is 1. The van der Waals surface area contributed by atoms with E-state index in [0.717, 1.165) is 41.3 Å². The molecule has 2 aliphatic rings. The number of esters is 1. The van der Waals surface area contributed by atoms with E-state index >= 15 is 0 Å². The van der Waals surface area contributed by atoms with Gasteiger partial charge in [-0.1, -0.05) is 28.9 Å². The number of nitrogens with zero attached hydrogens (tertiary/aromatic N) is 3. The first-order valence-electron chi connectivity index (χ1n) is 9.43. The SMILES string of the molecule is COC(=O)c1sc2cc(Cn3cc(C(O)(C4CC4)C4CC4)nn3)ccc2c1Cl. The number of fused-ring (bicyclic) bond motifs is 1. The number of ether oxygens (including phenoxy) is 1. The van der Waals surface area contributed by atoms with Crippen LogP contribution in [0.25, 0.3) is 10.1 Å². The van der Waals surface area contributed by atoms with Gasteiger partial charge in [0.25, 0.3) is 0 Å². The molecule has 0 amide bonds. The normalized spacial score (nSPS) is 17.2. The zero-order valence-corrected chi connectivity index (χ0v) is 17.0. The predicted molar refractivity (Wildman–Crippen MR) is 107 cm³/mol. The third kappa shape index (κ3) is 2.93. The number of hydrogen-bond donors (Lipinski definition) is 1. The maximum atomic E-state index is 11.9. The molecule has 28 heavy (non-hydrogen) atoms. The smallest absolute Gasteiger partial charge is 0.349 e. The van der Waals surface area contributed by atoms with Crippen LogP contribution < -0.4 is 0 Å². The highest BCUT2D eigenvalue weighted by atomic mass is 35.5. The summed E-state index contributed by atoms with van der Waals surface area (Å²) >= 11 is 7.65. The average molecular weight is 418 g/mol. The van der Waals surface area contributed by atoms with Gasteiger partial charge in [0, 0.05) is 10.1 Å². The molecule has 0 saturated heterocycles. The molecule has 2 fully saturated rings. The molecule has 2 aromatic heterocycles. The second kappa shape index (κ2) is 6.54. The highest BCUT2D eigenvalue weighted by molar-refractivity contribution is 7.21. The first kappa shape index (κ1) is 18.1. The largest absolute Gasteiger partial charge is 0.465 e. The fourth-order valence-corrected chi connectivity index (χ4v) is 5.47. The lowest BCUT2D eigenvalue weighted by Crippen LogP contribution is -2.31. The van der Waals surface area contributed by atoms with Crippen LogP contribution in [-0.4, -0.2) is 33.2 Å². The molecule has 2 heterocycles. The highest BCUT2D eigenvalue weighted by Crippen LogP contribution is 2.56. The molecule has 0 atom stereocenters. The van der Waals surface area contributed by atoms with Gasteiger partial charge in [-0.05, 0) is 49.1 Å². The predicted octanol–water partition coefficient (Wildman–Crippen LogP) is 3.99. The van der Waals surface area contributed by atoms with Crippen LogP contribution in [-0.2, 0) is 16.9 Å². The maximum Gasteiger partial charge on any atom is 0.349 e. The lowest BCUT2D eigenvalue weighted by atomic mass is 9.89. The summed E-state index contributed by atoms with van der Waals surface area (Å²) in [6.07, 6.45) is 6.15. The van der Waals surface area contributed by atoms with Gasteiger partial charge in [0.2, 0.25) is 0 Å². The highest BCUT2D eigenvalue weighted by Gasteiger charge is 2.55. The van der Waals surface area contributed by atoms with Gasteiger partial charge >= 0.3 is 5.97 Å². The van der Waals surface area contributed by atoms with E-state index in [9.17, 15) is 9.90 Å². The van der Waals surface area contributed by atoms with Crippen molar-refractivity contribution in [3.63, 3.8) is 0 Å². The van der Waals surface area contributed by atoms with E-state index in [-0.39, 0.29) is 0 Å². The number of thiophene rings is 1. The van der Waals surface area contributed by atoms with E-state index in [1.165, 1.54) is 18.4 Å². The van der Waals surface area contributed by atoms with Crippen LogP contribution in [0.2, 0.25) is 5.02 Å².